The van der Waals surface area contributed by atoms with Crippen molar-refractivity contribution in [1.29, 1.82) is 0 Å². The Morgan fingerprint density at radius 3 is 2.58 bits per heavy atom. The SMILES string of the molecule is CN(CCCNC(=O)CSc1ccc(F)c(F)c1)c1ccccc1. The summed E-state index contributed by atoms with van der Waals surface area (Å²) in [4.78, 5) is 14.4. The van der Waals surface area contributed by atoms with Crippen LogP contribution in [-0.4, -0.2) is 31.8 Å². The zero-order chi connectivity index (χ0) is 17.4. The second-order valence-electron chi connectivity index (χ2n) is 5.33. The molecular formula is C18H20F2N2OS. The highest BCUT2D eigenvalue weighted by atomic mass is 32.2. The van der Waals surface area contributed by atoms with E-state index in [2.05, 4.69) is 10.2 Å². The lowest BCUT2D eigenvalue weighted by atomic mass is 10.3. The molecule has 0 bridgehead atoms. The summed E-state index contributed by atoms with van der Waals surface area (Å²) >= 11 is 1.18. The minimum Gasteiger partial charge on any atom is -0.375 e. The maximum absolute atomic E-state index is 13.1. The number of benzene rings is 2. The lowest BCUT2D eigenvalue weighted by Gasteiger charge is -2.19. The van der Waals surface area contributed by atoms with Gasteiger partial charge in [0.15, 0.2) is 11.6 Å². The predicted octanol–water partition coefficient (Wildman–Crippen LogP) is 3.70. The summed E-state index contributed by atoms with van der Waals surface area (Å²) in [5, 5.41) is 2.83. The predicted molar refractivity (Wildman–Crippen MR) is 94.4 cm³/mol. The number of hydrogen-bond donors (Lipinski definition) is 1. The summed E-state index contributed by atoms with van der Waals surface area (Å²) in [7, 11) is 2.01. The number of thioether (sulfide) groups is 1. The fourth-order valence-corrected chi connectivity index (χ4v) is 2.87. The van der Waals surface area contributed by atoms with Gasteiger partial charge in [0, 0.05) is 30.7 Å². The van der Waals surface area contributed by atoms with Crippen molar-refractivity contribution in [3.05, 3.63) is 60.2 Å². The van der Waals surface area contributed by atoms with E-state index in [0.29, 0.717) is 11.4 Å². The number of amides is 1. The molecule has 0 aliphatic heterocycles. The Morgan fingerprint density at radius 2 is 1.88 bits per heavy atom. The number of halogens is 2. The molecule has 6 heteroatoms. The highest BCUT2D eigenvalue weighted by Crippen LogP contribution is 2.20. The molecule has 2 aromatic rings. The Morgan fingerprint density at radius 1 is 1.12 bits per heavy atom. The van der Waals surface area contributed by atoms with Gasteiger partial charge in [0.05, 0.1) is 5.75 Å². The molecule has 24 heavy (non-hydrogen) atoms. The van der Waals surface area contributed by atoms with E-state index in [4.69, 9.17) is 0 Å². The lowest BCUT2D eigenvalue weighted by molar-refractivity contribution is -0.118. The van der Waals surface area contributed by atoms with Crippen LogP contribution in [0.25, 0.3) is 0 Å². The van der Waals surface area contributed by atoms with Gasteiger partial charge in [-0.2, -0.15) is 0 Å². The Bertz CT molecular complexity index is 667. The average molecular weight is 350 g/mol. The topological polar surface area (TPSA) is 32.3 Å². The largest absolute Gasteiger partial charge is 0.375 e. The van der Waals surface area contributed by atoms with Crippen molar-refractivity contribution in [3.63, 3.8) is 0 Å². The van der Waals surface area contributed by atoms with Crippen LogP contribution in [0.15, 0.2) is 53.4 Å². The van der Waals surface area contributed by atoms with Gasteiger partial charge in [-0.1, -0.05) is 18.2 Å². The normalized spacial score (nSPS) is 10.5. The summed E-state index contributed by atoms with van der Waals surface area (Å²) in [6.45, 7) is 1.41. The number of carbonyl (C=O) groups is 1. The summed E-state index contributed by atoms with van der Waals surface area (Å²) in [5.74, 6) is -1.72. The van der Waals surface area contributed by atoms with Crippen LogP contribution in [0.3, 0.4) is 0 Å². The molecular weight excluding hydrogens is 330 g/mol. The molecule has 0 saturated carbocycles. The molecule has 0 fully saturated rings. The van der Waals surface area contributed by atoms with Crippen LogP contribution in [0, 0.1) is 11.6 Å². The minimum absolute atomic E-state index is 0.118. The van der Waals surface area contributed by atoms with E-state index in [1.165, 1.54) is 17.8 Å². The van der Waals surface area contributed by atoms with E-state index in [9.17, 15) is 13.6 Å². The molecule has 0 aliphatic rings. The number of hydrogen-bond acceptors (Lipinski definition) is 3. The molecule has 0 unspecified atom stereocenters. The van der Waals surface area contributed by atoms with Gasteiger partial charge in [-0.05, 0) is 36.8 Å². The van der Waals surface area contributed by atoms with Crippen LogP contribution in [-0.2, 0) is 4.79 Å². The van der Waals surface area contributed by atoms with Crippen LogP contribution in [0.2, 0.25) is 0 Å². The molecule has 0 aliphatic carbocycles. The molecule has 1 amide bonds. The number of anilines is 1. The fraction of sp³-hybridized carbons (Fsp3) is 0.278. The summed E-state index contributed by atoms with van der Waals surface area (Å²) in [6.07, 6.45) is 0.826. The third-order valence-electron chi connectivity index (χ3n) is 3.45. The molecule has 0 radical (unpaired) electrons. The Labute approximate surface area is 145 Å². The van der Waals surface area contributed by atoms with Gasteiger partial charge in [0.2, 0.25) is 5.91 Å². The molecule has 0 heterocycles. The minimum atomic E-state index is -0.899. The maximum Gasteiger partial charge on any atom is 0.230 e. The zero-order valence-electron chi connectivity index (χ0n) is 13.5. The van der Waals surface area contributed by atoms with Crippen molar-refractivity contribution in [2.75, 3.05) is 30.8 Å². The van der Waals surface area contributed by atoms with E-state index < -0.39 is 11.6 Å². The van der Waals surface area contributed by atoms with Crippen molar-refractivity contribution in [3.8, 4) is 0 Å². The van der Waals surface area contributed by atoms with E-state index in [-0.39, 0.29) is 11.7 Å². The fourth-order valence-electron chi connectivity index (χ4n) is 2.12. The molecule has 0 spiro atoms. The standard InChI is InChI=1S/C18H20F2N2OS/c1-22(14-6-3-2-4-7-14)11-5-10-21-18(23)13-24-15-8-9-16(19)17(20)12-15/h2-4,6-9,12H,5,10-11,13H2,1H3,(H,21,23). The van der Waals surface area contributed by atoms with Gasteiger partial charge < -0.3 is 10.2 Å². The highest BCUT2D eigenvalue weighted by molar-refractivity contribution is 8.00. The maximum atomic E-state index is 13.1. The zero-order valence-corrected chi connectivity index (χ0v) is 14.3. The van der Waals surface area contributed by atoms with E-state index in [0.717, 1.165) is 30.8 Å². The number of nitrogens with one attached hydrogen (secondary N) is 1. The van der Waals surface area contributed by atoms with E-state index in [1.807, 2.05) is 37.4 Å². The first-order chi connectivity index (χ1) is 11.6. The van der Waals surface area contributed by atoms with Gasteiger partial charge in [0.25, 0.3) is 0 Å². The first-order valence-electron chi connectivity index (χ1n) is 7.67. The smallest absolute Gasteiger partial charge is 0.230 e. The van der Waals surface area contributed by atoms with Gasteiger partial charge in [-0.25, -0.2) is 8.78 Å². The number of nitrogens with zero attached hydrogens (tertiary/aromatic N) is 1. The van der Waals surface area contributed by atoms with Crippen LogP contribution in [0.4, 0.5) is 14.5 Å². The van der Waals surface area contributed by atoms with Crippen molar-refractivity contribution in [2.45, 2.75) is 11.3 Å². The van der Waals surface area contributed by atoms with E-state index >= 15 is 0 Å². The Hall–Kier alpha value is -2.08. The average Bonchev–Trinajstić information content (AvgIpc) is 2.60. The van der Waals surface area contributed by atoms with Crippen molar-refractivity contribution in [2.24, 2.45) is 0 Å². The Kier molecular flexibility index (Phi) is 7.06. The van der Waals surface area contributed by atoms with Crippen molar-refractivity contribution < 1.29 is 13.6 Å². The summed E-state index contributed by atoms with van der Waals surface area (Å²) in [6, 6.07) is 13.7. The number of carbonyl (C=O) groups excluding carboxylic acids is 1. The molecule has 0 atom stereocenters. The van der Waals surface area contributed by atoms with E-state index in [1.54, 1.807) is 0 Å². The summed E-state index contributed by atoms with van der Waals surface area (Å²) < 4.78 is 25.9. The molecule has 2 aromatic carbocycles. The molecule has 0 aromatic heterocycles. The van der Waals surface area contributed by atoms with Crippen molar-refractivity contribution >= 4 is 23.4 Å². The number of rotatable bonds is 8. The van der Waals surface area contributed by atoms with Gasteiger partial charge in [0.1, 0.15) is 0 Å². The van der Waals surface area contributed by atoms with Crippen LogP contribution >= 0.6 is 11.8 Å². The highest BCUT2D eigenvalue weighted by Gasteiger charge is 2.06. The monoisotopic (exact) mass is 350 g/mol. The molecule has 3 nitrogen and oxygen atoms in total. The van der Waals surface area contributed by atoms with Crippen LogP contribution in [0.5, 0.6) is 0 Å². The Balaban J connectivity index is 1.63. The molecule has 128 valence electrons. The molecule has 1 N–H and O–H groups in total. The van der Waals surface area contributed by atoms with Crippen LogP contribution in [0.1, 0.15) is 6.42 Å². The van der Waals surface area contributed by atoms with Gasteiger partial charge in [-0.3, -0.25) is 4.79 Å². The number of para-hydroxylation sites is 1. The summed E-state index contributed by atoms with van der Waals surface area (Å²) in [5.41, 5.74) is 1.14. The third kappa shape index (κ3) is 5.85. The second-order valence-corrected chi connectivity index (χ2v) is 6.37. The van der Waals surface area contributed by atoms with Gasteiger partial charge >= 0.3 is 0 Å². The lowest BCUT2D eigenvalue weighted by Crippen LogP contribution is -2.29. The molecule has 2 rings (SSSR count). The van der Waals surface area contributed by atoms with Crippen molar-refractivity contribution in [1.82, 2.24) is 5.32 Å². The van der Waals surface area contributed by atoms with Gasteiger partial charge in [-0.15, -0.1) is 11.8 Å². The quantitative estimate of drug-likeness (QED) is 0.582. The first-order valence-corrected chi connectivity index (χ1v) is 8.65. The third-order valence-corrected chi connectivity index (χ3v) is 4.44. The second kappa shape index (κ2) is 9.27. The first kappa shape index (κ1) is 18.3. The van der Waals surface area contributed by atoms with Crippen LogP contribution < -0.4 is 10.2 Å². The molecule has 0 saturated heterocycles.